The second-order valence-electron chi connectivity index (χ2n) is 6.86. The van der Waals surface area contributed by atoms with Crippen LogP contribution in [-0.2, 0) is 6.54 Å². The Morgan fingerprint density at radius 2 is 1.70 bits per heavy atom. The van der Waals surface area contributed by atoms with Crippen LogP contribution in [0.4, 0.5) is 0 Å². The number of benzene rings is 2. The Morgan fingerprint density at radius 3 is 2.37 bits per heavy atom. The average molecular weight is 426 g/mol. The van der Waals surface area contributed by atoms with E-state index in [1.54, 1.807) is 35.9 Å². The van der Waals surface area contributed by atoms with Crippen molar-refractivity contribution in [3.8, 4) is 5.69 Å². The van der Waals surface area contributed by atoms with E-state index in [4.69, 9.17) is 11.6 Å². The molecule has 156 valence electrons. The minimum absolute atomic E-state index is 0.0912. The maximum Gasteiger partial charge on any atom is 0.291 e. The van der Waals surface area contributed by atoms with Crippen molar-refractivity contribution in [3.05, 3.63) is 76.3 Å². The predicted molar refractivity (Wildman–Crippen MR) is 116 cm³/mol. The van der Waals surface area contributed by atoms with Crippen molar-refractivity contribution < 1.29 is 9.59 Å². The lowest BCUT2D eigenvalue weighted by atomic mass is 10.1. The van der Waals surface area contributed by atoms with E-state index in [0.29, 0.717) is 29.5 Å². The molecule has 2 N–H and O–H groups in total. The Kier molecular flexibility index (Phi) is 7.19. The minimum Gasteiger partial charge on any atom is -0.352 e. The molecule has 0 aliphatic rings. The molecule has 0 saturated heterocycles. The molecule has 0 unspecified atom stereocenters. The predicted octanol–water partition coefficient (Wildman–Crippen LogP) is 3.69. The van der Waals surface area contributed by atoms with Crippen LogP contribution in [0.2, 0.25) is 5.02 Å². The van der Waals surface area contributed by atoms with Crippen LogP contribution < -0.4 is 10.6 Å². The van der Waals surface area contributed by atoms with E-state index < -0.39 is 0 Å². The molecule has 0 saturated carbocycles. The molecule has 0 radical (unpaired) electrons. The third-order valence-corrected chi connectivity index (χ3v) is 4.78. The number of nitrogens with zero attached hydrogens (tertiary/aromatic N) is 3. The van der Waals surface area contributed by atoms with E-state index in [1.165, 1.54) is 0 Å². The molecule has 2 aromatic carbocycles. The third-order valence-electron chi connectivity index (χ3n) is 4.53. The van der Waals surface area contributed by atoms with Gasteiger partial charge >= 0.3 is 0 Å². The van der Waals surface area contributed by atoms with Crippen molar-refractivity contribution >= 4 is 23.4 Å². The van der Waals surface area contributed by atoms with Crippen LogP contribution in [0.15, 0.2) is 48.5 Å². The van der Waals surface area contributed by atoms with Crippen LogP contribution in [0.1, 0.15) is 52.1 Å². The van der Waals surface area contributed by atoms with Gasteiger partial charge in [0.25, 0.3) is 11.8 Å². The fourth-order valence-corrected chi connectivity index (χ4v) is 2.96. The molecule has 8 heteroatoms. The highest BCUT2D eigenvalue weighted by Gasteiger charge is 2.15. The van der Waals surface area contributed by atoms with Crippen LogP contribution in [0.25, 0.3) is 5.69 Å². The van der Waals surface area contributed by atoms with E-state index >= 15 is 0 Å². The number of carbonyl (C=O) groups excluding carboxylic acids is 2. The van der Waals surface area contributed by atoms with Gasteiger partial charge in [0.2, 0.25) is 5.82 Å². The normalized spacial score (nSPS) is 10.6. The van der Waals surface area contributed by atoms with Crippen LogP contribution in [0.5, 0.6) is 0 Å². The minimum atomic E-state index is -0.368. The quantitative estimate of drug-likeness (QED) is 0.538. The number of hydrogen-bond acceptors (Lipinski definition) is 4. The number of unbranched alkanes of at least 4 members (excludes halogenated alkanes) is 1. The topological polar surface area (TPSA) is 88.9 Å². The summed E-state index contributed by atoms with van der Waals surface area (Å²) in [6.07, 6.45) is 1.99. The van der Waals surface area contributed by atoms with Gasteiger partial charge < -0.3 is 10.6 Å². The molecule has 2 amide bonds. The number of nitrogens with one attached hydrogen (secondary N) is 2. The van der Waals surface area contributed by atoms with Crippen molar-refractivity contribution in [3.63, 3.8) is 0 Å². The molecule has 0 spiro atoms. The Bertz CT molecular complexity index is 1010. The zero-order valence-electron chi connectivity index (χ0n) is 17.0. The summed E-state index contributed by atoms with van der Waals surface area (Å²) >= 11 is 5.92. The summed E-state index contributed by atoms with van der Waals surface area (Å²) in [5, 5.41) is 10.6. The molecule has 0 fully saturated rings. The Morgan fingerprint density at radius 1 is 1.00 bits per heavy atom. The van der Waals surface area contributed by atoms with Gasteiger partial charge in [-0.1, -0.05) is 37.1 Å². The first-order valence-electron chi connectivity index (χ1n) is 9.83. The lowest BCUT2D eigenvalue weighted by Gasteiger charge is -2.06. The van der Waals surface area contributed by atoms with Gasteiger partial charge in [0, 0.05) is 23.7 Å². The summed E-state index contributed by atoms with van der Waals surface area (Å²) in [6.45, 7) is 4.84. The summed E-state index contributed by atoms with van der Waals surface area (Å²) in [4.78, 5) is 28.7. The van der Waals surface area contributed by atoms with Crippen LogP contribution in [0, 0.1) is 6.92 Å². The maximum atomic E-state index is 12.5. The van der Waals surface area contributed by atoms with E-state index in [-0.39, 0.29) is 17.6 Å². The van der Waals surface area contributed by atoms with Gasteiger partial charge in [-0.2, -0.15) is 0 Å². The van der Waals surface area contributed by atoms with Crippen LogP contribution in [-0.4, -0.2) is 33.1 Å². The molecular formula is C22H24ClN5O2. The van der Waals surface area contributed by atoms with E-state index in [1.807, 2.05) is 24.3 Å². The number of hydrogen-bond donors (Lipinski definition) is 2. The monoisotopic (exact) mass is 425 g/mol. The zero-order valence-corrected chi connectivity index (χ0v) is 17.7. The van der Waals surface area contributed by atoms with Gasteiger partial charge in [-0.25, -0.2) is 9.67 Å². The van der Waals surface area contributed by atoms with Crippen molar-refractivity contribution in [2.75, 3.05) is 6.54 Å². The van der Waals surface area contributed by atoms with Crippen molar-refractivity contribution in [1.82, 2.24) is 25.4 Å². The number of aromatic nitrogens is 3. The molecule has 3 aromatic rings. The fraction of sp³-hybridized carbons (Fsp3) is 0.273. The van der Waals surface area contributed by atoms with Crippen molar-refractivity contribution in [1.29, 1.82) is 0 Å². The Hall–Kier alpha value is -3.19. The number of carbonyl (C=O) groups is 2. The Labute approximate surface area is 180 Å². The highest BCUT2D eigenvalue weighted by atomic mass is 35.5. The summed E-state index contributed by atoms with van der Waals surface area (Å²) in [5.41, 5.74) is 2.25. The highest BCUT2D eigenvalue weighted by molar-refractivity contribution is 6.30. The molecule has 1 aromatic heterocycles. The van der Waals surface area contributed by atoms with E-state index in [9.17, 15) is 9.59 Å². The first-order chi connectivity index (χ1) is 14.5. The summed E-state index contributed by atoms with van der Waals surface area (Å²) in [5.74, 6) is 0.230. The summed E-state index contributed by atoms with van der Waals surface area (Å²) < 4.78 is 1.59. The molecule has 3 rings (SSSR count). The molecular weight excluding hydrogens is 402 g/mol. The fourth-order valence-electron chi connectivity index (χ4n) is 2.83. The van der Waals surface area contributed by atoms with E-state index in [2.05, 4.69) is 27.6 Å². The molecule has 1 heterocycles. The van der Waals surface area contributed by atoms with Gasteiger partial charge in [0.05, 0.1) is 5.69 Å². The Balaban J connectivity index is 1.58. The van der Waals surface area contributed by atoms with E-state index in [0.717, 1.165) is 24.1 Å². The lowest BCUT2D eigenvalue weighted by Crippen LogP contribution is -2.25. The zero-order chi connectivity index (χ0) is 21.5. The van der Waals surface area contributed by atoms with Crippen molar-refractivity contribution in [2.45, 2.75) is 33.2 Å². The molecule has 0 atom stereocenters. The second-order valence-corrected chi connectivity index (χ2v) is 7.30. The van der Waals surface area contributed by atoms with Gasteiger partial charge in [0.15, 0.2) is 0 Å². The van der Waals surface area contributed by atoms with Crippen molar-refractivity contribution in [2.24, 2.45) is 0 Å². The second kappa shape index (κ2) is 10.0. The third kappa shape index (κ3) is 5.45. The van der Waals surface area contributed by atoms with Gasteiger partial charge in [0.1, 0.15) is 5.82 Å². The number of aryl methyl sites for hydroxylation is 1. The molecule has 0 bridgehead atoms. The lowest BCUT2D eigenvalue weighted by molar-refractivity contribution is 0.0935. The smallest absolute Gasteiger partial charge is 0.291 e. The highest BCUT2D eigenvalue weighted by Crippen LogP contribution is 2.14. The summed E-state index contributed by atoms with van der Waals surface area (Å²) in [6, 6.07) is 14.3. The standard InChI is InChI=1S/C22H24ClN5O2/c1-3-4-13-24-21(29)17-7-5-16(6-8-17)14-25-22(30)20-26-15(2)28(27-20)19-11-9-18(23)10-12-19/h5-12H,3-4,13-14H2,1-2H3,(H,24,29)(H,25,30). The molecule has 7 nitrogen and oxygen atoms in total. The van der Waals surface area contributed by atoms with Crippen LogP contribution >= 0.6 is 11.6 Å². The number of amides is 2. The number of rotatable bonds is 8. The van der Waals surface area contributed by atoms with Gasteiger partial charge in [-0.3, -0.25) is 9.59 Å². The first-order valence-corrected chi connectivity index (χ1v) is 10.2. The number of halogens is 1. The van der Waals surface area contributed by atoms with Gasteiger partial charge in [-0.05, 0) is 55.3 Å². The largest absolute Gasteiger partial charge is 0.352 e. The SMILES string of the molecule is CCCCNC(=O)c1ccc(CNC(=O)c2nc(C)n(-c3ccc(Cl)cc3)n2)cc1. The van der Waals surface area contributed by atoms with Gasteiger partial charge in [-0.15, -0.1) is 5.10 Å². The maximum absolute atomic E-state index is 12.5. The van der Waals surface area contributed by atoms with Crippen LogP contribution in [0.3, 0.4) is 0 Å². The molecule has 0 aliphatic carbocycles. The molecule has 30 heavy (non-hydrogen) atoms. The first kappa shape index (κ1) is 21.5. The molecule has 0 aliphatic heterocycles. The average Bonchev–Trinajstić information content (AvgIpc) is 3.15. The summed E-state index contributed by atoms with van der Waals surface area (Å²) in [7, 11) is 0.